The van der Waals surface area contributed by atoms with Crippen molar-refractivity contribution in [1.29, 1.82) is 0 Å². The molecule has 2 saturated carbocycles. The van der Waals surface area contributed by atoms with Gasteiger partial charge in [0.15, 0.2) is 0 Å². The maximum atomic E-state index is 5.78. The van der Waals surface area contributed by atoms with Gasteiger partial charge in [-0.05, 0) is 99.2 Å². The second-order valence-corrected chi connectivity index (χ2v) is 14.8. The molecule has 0 radical (unpaired) electrons. The van der Waals surface area contributed by atoms with E-state index >= 15 is 0 Å². The predicted molar refractivity (Wildman–Crippen MR) is 184 cm³/mol. The Labute approximate surface area is 268 Å². The van der Waals surface area contributed by atoms with Gasteiger partial charge < -0.3 is 18.9 Å². The number of ether oxygens (including phenoxy) is 4. The fraction of sp³-hybridized carbons (Fsp3) is 0.949. The summed E-state index contributed by atoms with van der Waals surface area (Å²) in [6.45, 7) is 21.6. The molecule has 0 aromatic rings. The van der Waals surface area contributed by atoms with Crippen LogP contribution in [0.1, 0.15) is 144 Å². The van der Waals surface area contributed by atoms with Crippen LogP contribution in [0.3, 0.4) is 0 Å². The molecule has 6 atom stereocenters. The van der Waals surface area contributed by atoms with E-state index in [2.05, 4.69) is 41.2 Å². The molecule has 2 aliphatic rings. The van der Waals surface area contributed by atoms with Gasteiger partial charge in [-0.1, -0.05) is 98.1 Å². The van der Waals surface area contributed by atoms with E-state index in [1.54, 1.807) is 0 Å². The third-order valence-electron chi connectivity index (χ3n) is 10.8. The van der Waals surface area contributed by atoms with Gasteiger partial charge in [-0.2, -0.15) is 0 Å². The molecule has 0 aromatic carbocycles. The number of hydrogen-bond donors (Lipinski definition) is 0. The topological polar surface area (TPSA) is 36.9 Å². The van der Waals surface area contributed by atoms with Gasteiger partial charge in [0.1, 0.15) is 0 Å². The standard InChI is InChI=1S/C39H74O4/c1-7-36(32(2)3)17-10-8-9-14-34(5)21-23-41-25-27-43-29-28-42-26-24-40-22-13-16-33(4)15-11-12-18-37-19-20-38-30-35(6)31-39(37)38/h32-33,35-39H,5,7-31H2,1-4,6H3/t33?,35?,36?,37-,38-,39-/m1/s1. The minimum absolute atomic E-state index is 0.615. The molecule has 0 aromatic heterocycles. The molecule has 0 bridgehead atoms. The van der Waals surface area contributed by atoms with Crippen LogP contribution in [0.4, 0.5) is 0 Å². The second-order valence-electron chi connectivity index (χ2n) is 14.8. The summed E-state index contributed by atoms with van der Waals surface area (Å²) in [6.07, 6.45) is 23.0. The SMILES string of the molecule is C=C(CCCCCC(CC)C(C)C)CCOCCOCCOCCOCCCC(C)CCCC[C@@H]1CC[C@@H]2CC(C)C[C@H]12. The molecule has 0 aliphatic heterocycles. The largest absolute Gasteiger partial charge is 0.379 e. The summed E-state index contributed by atoms with van der Waals surface area (Å²) in [5, 5.41) is 0. The van der Waals surface area contributed by atoms with Gasteiger partial charge in [0, 0.05) is 6.61 Å². The molecule has 2 aliphatic carbocycles. The molecule has 0 spiro atoms. The lowest BCUT2D eigenvalue weighted by molar-refractivity contribution is -0.00206. The maximum Gasteiger partial charge on any atom is 0.0701 e. The monoisotopic (exact) mass is 607 g/mol. The van der Waals surface area contributed by atoms with Crippen LogP contribution in [0, 0.1) is 41.4 Å². The van der Waals surface area contributed by atoms with Crippen LogP contribution in [0.2, 0.25) is 0 Å². The minimum Gasteiger partial charge on any atom is -0.379 e. The van der Waals surface area contributed by atoms with Gasteiger partial charge in [0.05, 0.1) is 46.2 Å². The van der Waals surface area contributed by atoms with Crippen LogP contribution in [-0.4, -0.2) is 52.9 Å². The van der Waals surface area contributed by atoms with Crippen LogP contribution in [0.25, 0.3) is 0 Å². The van der Waals surface area contributed by atoms with Gasteiger partial charge in [0.2, 0.25) is 0 Å². The number of fused-ring (bicyclic) bond motifs is 1. The Hall–Kier alpha value is -0.420. The zero-order chi connectivity index (χ0) is 31.1. The van der Waals surface area contributed by atoms with Crippen molar-refractivity contribution in [1.82, 2.24) is 0 Å². The lowest BCUT2D eigenvalue weighted by Crippen LogP contribution is -2.12. The zero-order valence-corrected chi connectivity index (χ0v) is 29.6. The van der Waals surface area contributed by atoms with Crippen molar-refractivity contribution in [2.24, 2.45) is 41.4 Å². The summed E-state index contributed by atoms with van der Waals surface area (Å²) in [5.74, 6) is 6.75. The average Bonchev–Trinajstić information content (AvgIpc) is 3.53. The number of rotatable bonds is 29. The van der Waals surface area contributed by atoms with Crippen molar-refractivity contribution in [3.8, 4) is 0 Å². The third kappa shape index (κ3) is 18.3. The fourth-order valence-corrected chi connectivity index (χ4v) is 8.00. The van der Waals surface area contributed by atoms with Gasteiger partial charge in [-0.15, -0.1) is 0 Å². The Balaban J connectivity index is 1.24. The van der Waals surface area contributed by atoms with E-state index in [1.807, 2.05) is 0 Å². The number of unbranched alkanes of at least 4 members (excludes halogenated alkanes) is 3. The van der Waals surface area contributed by atoms with Crippen molar-refractivity contribution in [2.75, 3.05) is 52.9 Å². The van der Waals surface area contributed by atoms with Crippen molar-refractivity contribution in [3.05, 3.63) is 12.2 Å². The quantitative estimate of drug-likeness (QED) is 0.0627. The summed E-state index contributed by atoms with van der Waals surface area (Å²) < 4.78 is 22.8. The summed E-state index contributed by atoms with van der Waals surface area (Å²) in [4.78, 5) is 0. The molecule has 43 heavy (non-hydrogen) atoms. The van der Waals surface area contributed by atoms with Crippen LogP contribution >= 0.6 is 0 Å². The van der Waals surface area contributed by atoms with E-state index < -0.39 is 0 Å². The molecule has 0 N–H and O–H groups in total. The van der Waals surface area contributed by atoms with Gasteiger partial charge >= 0.3 is 0 Å². The van der Waals surface area contributed by atoms with E-state index in [-0.39, 0.29) is 0 Å². The van der Waals surface area contributed by atoms with Crippen LogP contribution in [0.5, 0.6) is 0 Å². The summed E-state index contributed by atoms with van der Waals surface area (Å²) in [6, 6.07) is 0. The molecular weight excluding hydrogens is 532 g/mol. The van der Waals surface area contributed by atoms with Crippen molar-refractivity contribution < 1.29 is 18.9 Å². The van der Waals surface area contributed by atoms with E-state index in [0.29, 0.717) is 39.6 Å². The highest BCUT2D eigenvalue weighted by Crippen LogP contribution is 2.51. The lowest BCUT2D eigenvalue weighted by Gasteiger charge is -2.19. The second kappa shape index (κ2) is 24.8. The Morgan fingerprint density at radius 2 is 1.30 bits per heavy atom. The smallest absolute Gasteiger partial charge is 0.0701 e. The molecule has 4 nitrogen and oxygen atoms in total. The average molecular weight is 607 g/mol. The highest BCUT2D eigenvalue weighted by molar-refractivity contribution is 4.93. The Morgan fingerprint density at radius 1 is 0.674 bits per heavy atom. The molecule has 3 unspecified atom stereocenters. The third-order valence-corrected chi connectivity index (χ3v) is 10.8. The molecule has 254 valence electrons. The first-order valence-corrected chi connectivity index (χ1v) is 18.9. The first-order valence-electron chi connectivity index (χ1n) is 18.9. The Morgan fingerprint density at radius 3 is 1.98 bits per heavy atom. The first-order chi connectivity index (χ1) is 20.9. The molecule has 0 heterocycles. The van der Waals surface area contributed by atoms with Crippen molar-refractivity contribution in [2.45, 2.75) is 144 Å². The van der Waals surface area contributed by atoms with Crippen molar-refractivity contribution >= 4 is 0 Å². The summed E-state index contributed by atoms with van der Waals surface area (Å²) in [7, 11) is 0. The van der Waals surface area contributed by atoms with Gasteiger partial charge in [-0.3, -0.25) is 0 Å². The molecule has 0 saturated heterocycles. The zero-order valence-electron chi connectivity index (χ0n) is 29.6. The lowest BCUT2D eigenvalue weighted by atomic mass is 9.87. The van der Waals surface area contributed by atoms with E-state index in [4.69, 9.17) is 18.9 Å². The van der Waals surface area contributed by atoms with E-state index in [9.17, 15) is 0 Å². The fourth-order valence-electron chi connectivity index (χ4n) is 8.00. The summed E-state index contributed by atoms with van der Waals surface area (Å²) >= 11 is 0. The normalized spacial score (nSPS) is 23.2. The first kappa shape index (κ1) is 38.8. The molecule has 2 rings (SSSR count). The Bertz CT molecular complexity index is 664. The molecule has 4 heteroatoms. The van der Waals surface area contributed by atoms with Gasteiger partial charge in [0.25, 0.3) is 0 Å². The van der Waals surface area contributed by atoms with Crippen LogP contribution in [-0.2, 0) is 18.9 Å². The minimum atomic E-state index is 0.615. The summed E-state index contributed by atoms with van der Waals surface area (Å²) in [5.41, 5.74) is 1.32. The Kier molecular flexibility index (Phi) is 22.3. The maximum absolute atomic E-state index is 5.78. The molecular formula is C39H74O4. The molecule has 2 fully saturated rings. The van der Waals surface area contributed by atoms with Crippen LogP contribution < -0.4 is 0 Å². The van der Waals surface area contributed by atoms with Crippen LogP contribution in [0.15, 0.2) is 12.2 Å². The van der Waals surface area contributed by atoms with Gasteiger partial charge in [-0.25, -0.2) is 0 Å². The molecule has 0 amide bonds. The van der Waals surface area contributed by atoms with Crippen molar-refractivity contribution in [3.63, 3.8) is 0 Å². The highest BCUT2D eigenvalue weighted by Gasteiger charge is 2.41. The number of hydrogen-bond acceptors (Lipinski definition) is 4. The highest BCUT2D eigenvalue weighted by atomic mass is 16.6. The van der Waals surface area contributed by atoms with E-state index in [0.717, 1.165) is 67.5 Å². The van der Waals surface area contributed by atoms with E-state index in [1.165, 1.54) is 102 Å². The predicted octanol–water partition coefficient (Wildman–Crippen LogP) is 10.7.